The van der Waals surface area contributed by atoms with Gasteiger partial charge in [-0.25, -0.2) is 4.99 Å². The van der Waals surface area contributed by atoms with Crippen molar-refractivity contribution in [1.29, 1.82) is 0 Å². The summed E-state index contributed by atoms with van der Waals surface area (Å²) in [5.74, 6) is -0.188. The van der Waals surface area contributed by atoms with Crippen LogP contribution in [0.5, 0.6) is 0 Å². The lowest BCUT2D eigenvalue weighted by Crippen LogP contribution is -2.11. The number of H-pyrrole nitrogens is 1. The monoisotopic (exact) mass is 176 g/mol. The summed E-state index contributed by atoms with van der Waals surface area (Å²) in [4.78, 5) is 14.9. The van der Waals surface area contributed by atoms with E-state index in [-0.39, 0.29) is 11.8 Å². The number of nitrogens with two attached hydrogens (primary N) is 1. The Morgan fingerprint density at radius 2 is 2.38 bits per heavy atom. The minimum Gasteiger partial charge on any atom is -0.382 e. The molecule has 1 aromatic rings. The van der Waals surface area contributed by atoms with Gasteiger partial charge >= 0.3 is 0 Å². The zero-order valence-electron chi connectivity index (χ0n) is 6.77. The molecule has 0 fully saturated rings. The Morgan fingerprint density at radius 3 is 3.00 bits per heavy atom. The average molecular weight is 176 g/mol. The number of rotatable bonds is 1. The Hall–Kier alpha value is -1.91. The lowest BCUT2D eigenvalue weighted by Gasteiger charge is -2.07. The van der Waals surface area contributed by atoms with Gasteiger partial charge in [0.15, 0.2) is 0 Å². The van der Waals surface area contributed by atoms with E-state index in [1.54, 1.807) is 18.2 Å². The lowest BCUT2D eigenvalue weighted by molar-refractivity contribution is -0.118. The molecule has 1 amide bonds. The van der Waals surface area contributed by atoms with E-state index in [1.807, 2.05) is 0 Å². The summed E-state index contributed by atoms with van der Waals surface area (Å²) in [7, 11) is 0. The van der Waals surface area contributed by atoms with Gasteiger partial charge in [-0.1, -0.05) is 6.08 Å². The van der Waals surface area contributed by atoms with Crippen LogP contribution in [0.25, 0.3) is 0 Å². The van der Waals surface area contributed by atoms with Gasteiger partial charge < -0.3 is 5.73 Å². The summed E-state index contributed by atoms with van der Waals surface area (Å²) in [5.41, 5.74) is 6.09. The number of hydrogen-bond acceptors (Lipinski definition) is 3. The second-order valence-corrected chi connectivity index (χ2v) is 2.73. The number of aromatic nitrogens is 2. The van der Waals surface area contributed by atoms with Crippen LogP contribution in [0.3, 0.4) is 0 Å². The molecule has 0 saturated heterocycles. The van der Waals surface area contributed by atoms with E-state index in [0.29, 0.717) is 11.5 Å². The molecule has 1 unspecified atom stereocenters. The van der Waals surface area contributed by atoms with Crippen molar-refractivity contribution in [3.63, 3.8) is 0 Å². The summed E-state index contributed by atoms with van der Waals surface area (Å²) >= 11 is 0. The highest BCUT2D eigenvalue weighted by Gasteiger charge is 2.20. The quantitative estimate of drug-likeness (QED) is 0.642. The zero-order chi connectivity index (χ0) is 9.26. The smallest absolute Gasteiger partial charge is 0.258 e. The second kappa shape index (κ2) is 2.85. The fourth-order valence-electron chi connectivity index (χ4n) is 1.19. The molecule has 13 heavy (non-hydrogen) atoms. The van der Waals surface area contributed by atoms with Crippen molar-refractivity contribution in [2.24, 2.45) is 4.99 Å². The number of aliphatic imine (C=N–C) groups is 1. The van der Waals surface area contributed by atoms with Crippen molar-refractivity contribution >= 4 is 17.9 Å². The molecule has 1 aliphatic heterocycles. The molecule has 1 aromatic heterocycles. The highest BCUT2D eigenvalue weighted by Crippen LogP contribution is 2.19. The number of carbonyl (C=O) groups is 1. The van der Waals surface area contributed by atoms with Crippen molar-refractivity contribution in [2.75, 3.05) is 5.73 Å². The molecule has 5 nitrogen and oxygen atoms in total. The summed E-state index contributed by atoms with van der Waals surface area (Å²) in [6.45, 7) is 0. The number of anilines is 1. The van der Waals surface area contributed by atoms with Gasteiger partial charge in [0.1, 0.15) is 11.7 Å². The molecule has 0 bridgehead atoms. The fourth-order valence-corrected chi connectivity index (χ4v) is 1.19. The van der Waals surface area contributed by atoms with Crippen LogP contribution < -0.4 is 5.73 Å². The Labute approximate surface area is 74.4 Å². The average Bonchev–Trinajstić information content (AvgIpc) is 2.53. The largest absolute Gasteiger partial charge is 0.382 e. The molecule has 0 aromatic carbocycles. The first-order chi connectivity index (χ1) is 6.27. The third-order valence-electron chi connectivity index (χ3n) is 1.81. The Bertz CT molecular complexity index is 391. The maximum atomic E-state index is 11.3. The van der Waals surface area contributed by atoms with Gasteiger partial charge in [-0.3, -0.25) is 9.89 Å². The third-order valence-corrected chi connectivity index (χ3v) is 1.81. The van der Waals surface area contributed by atoms with Crippen LogP contribution in [-0.4, -0.2) is 22.3 Å². The van der Waals surface area contributed by atoms with Crippen LogP contribution in [0, 0.1) is 0 Å². The number of carbonyl (C=O) groups excluding carboxylic acids is 1. The van der Waals surface area contributed by atoms with Crippen LogP contribution in [0.2, 0.25) is 0 Å². The molecule has 0 saturated carbocycles. The van der Waals surface area contributed by atoms with Gasteiger partial charge in [0.05, 0.1) is 5.69 Å². The molecule has 2 heterocycles. The summed E-state index contributed by atoms with van der Waals surface area (Å²) in [6, 6.07) is 1.63. The van der Waals surface area contributed by atoms with Gasteiger partial charge in [-0.2, -0.15) is 5.10 Å². The van der Waals surface area contributed by atoms with Gasteiger partial charge in [0.2, 0.25) is 0 Å². The number of aromatic amines is 1. The minimum absolute atomic E-state index is 0.203. The van der Waals surface area contributed by atoms with E-state index in [1.165, 1.54) is 6.21 Å². The number of nitrogens with zero attached hydrogens (tertiary/aromatic N) is 2. The number of hydrogen-bond donors (Lipinski definition) is 2. The third kappa shape index (κ3) is 1.35. The number of nitrogen functional groups attached to an aromatic ring is 1. The summed E-state index contributed by atoms with van der Waals surface area (Å²) in [6.07, 6.45) is 4.95. The first kappa shape index (κ1) is 7.72. The Morgan fingerprint density at radius 1 is 1.54 bits per heavy atom. The number of allylic oxidation sites excluding steroid dienone is 1. The summed E-state index contributed by atoms with van der Waals surface area (Å²) < 4.78 is 0. The van der Waals surface area contributed by atoms with Crippen molar-refractivity contribution in [2.45, 2.75) is 5.92 Å². The molecular weight excluding hydrogens is 168 g/mol. The molecular formula is C8H8N4O. The highest BCUT2D eigenvalue weighted by atomic mass is 16.1. The number of nitrogens with one attached hydrogen (secondary N) is 1. The standard InChI is InChI=1S/C8H8N4O/c9-7-4-6(11-12-7)5-2-1-3-10-8(5)13/h1-5H,(H3,9,11,12). The highest BCUT2D eigenvalue weighted by molar-refractivity contribution is 5.97. The topological polar surface area (TPSA) is 84.1 Å². The summed E-state index contributed by atoms with van der Waals surface area (Å²) in [5, 5.41) is 6.43. The molecule has 0 radical (unpaired) electrons. The SMILES string of the molecule is Nc1cc(C2C=CC=NC2=O)[nH]n1. The van der Waals surface area contributed by atoms with E-state index >= 15 is 0 Å². The van der Waals surface area contributed by atoms with E-state index < -0.39 is 0 Å². The Balaban J connectivity index is 2.31. The number of dihydropyridines is 1. The van der Waals surface area contributed by atoms with E-state index in [0.717, 1.165) is 0 Å². The molecule has 5 heteroatoms. The zero-order valence-corrected chi connectivity index (χ0v) is 6.77. The van der Waals surface area contributed by atoms with Gasteiger partial charge in [0, 0.05) is 12.3 Å². The maximum absolute atomic E-state index is 11.3. The molecule has 2 rings (SSSR count). The van der Waals surface area contributed by atoms with Gasteiger partial charge in [0.25, 0.3) is 5.91 Å². The van der Waals surface area contributed by atoms with Gasteiger partial charge in [-0.05, 0) is 6.08 Å². The van der Waals surface area contributed by atoms with E-state index in [9.17, 15) is 4.79 Å². The van der Waals surface area contributed by atoms with Crippen LogP contribution >= 0.6 is 0 Å². The molecule has 0 spiro atoms. The van der Waals surface area contributed by atoms with Crippen molar-refractivity contribution in [3.05, 3.63) is 23.9 Å². The van der Waals surface area contributed by atoms with Crippen molar-refractivity contribution in [1.82, 2.24) is 10.2 Å². The lowest BCUT2D eigenvalue weighted by atomic mass is 10.0. The molecule has 1 atom stereocenters. The predicted molar refractivity (Wildman–Crippen MR) is 48.4 cm³/mol. The van der Waals surface area contributed by atoms with E-state index in [2.05, 4.69) is 15.2 Å². The predicted octanol–water partition coefficient (Wildman–Crippen LogP) is 0.243. The minimum atomic E-state index is -0.366. The van der Waals surface area contributed by atoms with Crippen LogP contribution in [0.1, 0.15) is 11.6 Å². The molecule has 1 aliphatic rings. The Kier molecular flexibility index (Phi) is 1.70. The normalized spacial score (nSPS) is 20.9. The van der Waals surface area contributed by atoms with Crippen LogP contribution in [0.4, 0.5) is 5.82 Å². The first-order valence-electron chi connectivity index (χ1n) is 3.83. The van der Waals surface area contributed by atoms with Crippen LogP contribution in [-0.2, 0) is 4.79 Å². The molecule has 66 valence electrons. The fraction of sp³-hybridized carbons (Fsp3) is 0.125. The van der Waals surface area contributed by atoms with Crippen molar-refractivity contribution in [3.8, 4) is 0 Å². The second-order valence-electron chi connectivity index (χ2n) is 2.73. The van der Waals surface area contributed by atoms with Gasteiger partial charge in [-0.15, -0.1) is 0 Å². The van der Waals surface area contributed by atoms with Crippen molar-refractivity contribution < 1.29 is 4.79 Å². The van der Waals surface area contributed by atoms with E-state index in [4.69, 9.17) is 5.73 Å². The number of amides is 1. The maximum Gasteiger partial charge on any atom is 0.258 e. The van der Waals surface area contributed by atoms with Crippen LogP contribution in [0.15, 0.2) is 23.2 Å². The molecule has 0 aliphatic carbocycles. The first-order valence-corrected chi connectivity index (χ1v) is 3.83. The molecule has 3 N–H and O–H groups in total.